The fourth-order valence-corrected chi connectivity index (χ4v) is 0.784. The van der Waals surface area contributed by atoms with E-state index < -0.39 is 0 Å². The average Bonchev–Trinajstić information content (AvgIpc) is 1.98. The van der Waals surface area contributed by atoms with E-state index in [0.29, 0.717) is 18.2 Å². The molecular weight excluding hydrogens is 166 g/mol. The van der Waals surface area contributed by atoms with Crippen molar-refractivity contribution < 1.29 is 4.79 Å². The van der Waals surface area contributed by atoms with Gasteiger partial charge in [0.25, 0.3) is 0 Å². The highest BCUT2D eigenvalue weighted by molar-refractivity contribution is 5.77. The molecule has 0 bridgehead atoms. The minimum atomic E-state index is -0.0748. The van der Waals surface area contributed by atoms with Gasteiger partial charge in [0.2, 0.25) is 5.91 Å². The zero-order valence-corrected chi connectivity index (χ0v) is 8.08. The quantitative estimate of drug-likeness (QED) is 0.552. The number of amides is 1. The van der Waals surface area contributed by atoms with E-state index in [1.165, 1.54) is 12.3 Å². The topological polar surface area (TPSA) is 81.1 Å². The monoisotopic (exact) mass is 183 g/mol. The maximum absolute atomic E-state index is 11.1. The maximum atomic E-state index is 11.1. The lowest BCUT2D eigenvalue weighted by Crippen LogP contribution is -2.28. The van der Waals surface area contributed by atoms with E-state index in [2.05, 4.69) is 5.32 Å². The number of rotatable bonds is 4. The minimum Gasteiger partial charge on any atom is -0.405 e. The van der Waals surface area contributed by atoms with E-state index in [9.17, 15) is 4.79 Å². The lowest BCUT2D eigenvalue weighted by atomic mass is 10.1. The van der Waals surface area contributed by atoms with E-state index in [1.807, 2.05) is 13.8 Å². The summed E-state index contributed by atoms with van der Waals surface area (Å²) in [7, 11) is 0. The third kappa shape index (κ3) is 6.93. The molecule has 0 atom stereocenters. The average molecular weight is 183 g/mol. The Bertz CT molecular complexity index is 219. The third-order valence-corrected chi connectivity index (χ3v) is 1.26. The van der Waals surface area contributed by atoms with Crippen molar-refractivity contribution in [3.63, 3.8) is 0 Å². The van der Waals surface area contributed by atoms with Crippen molar-refractivity contribution in [2.75, 3.05) is 0 Å². The SMILES string of the molecule is CC(C)CC(=O)N/C(N)=C/C=C\N. The van der Waals surface area contributed by atoms with Gasteiger partial charge in [-0.15, -0.1) is 0 Å². The van der Waals surface area contributed by atoms with Gasteiger partial charge in [0, 0.05) is 6.42 Å². The van der Waals surface area contributed by atoms with Crippen LogP contribution < -0.4 is 16.8 Å². The van der Waals surface area contributed by atoms with Crippen LogP contribution in [0, 0.1) is 5.92 Å². The highest BCUT2D eigenvalue weighted by Crippen LogP contribution is 1.98. The van der Waals surface area contributed by atoms with E-state index in [4.69, 9.17) is 11.5 Å². The zero-order valence-electron chi connectivity index (χ0n) is 8.08. The molecular formula is C9H17N3O. The van der Waals surface area contributed by atoms with Crippen LogP contribution in [-0.4, -0.2) is 5.91 Å². The number of carbonyl (C=O) groups excluding carboxylic acids is 1. The van der Waals surface area contributed by atoms with Gasteiger partial charge in [-0.2, -0.15) is 0 Å². The van der Waals surface area contributed by atoms with Gasteiger partial charge in [0.1, 0.15) is 5.82 Å². The van der Waals surface area contributed by atoms with Crippen LogP contribution in [0.3, 0.4) is 0 Å². The summed E-state index contributed by atoms with van der Waals surface area (Å²) < 4.78 is 0. The van der Waals surface area contributed by atoms with Gasteiger partial charge < -0.3 is 16.8 Å². The molecule has 0 spiro atoms. The lowest BCUT2D eigenvalue weighted by Gasteiger charge is -2.05. The third-order valence-electron chi connectivity index (χ3n) is 1.26. The largest absolute Gasteiger partial charge is 0.405 e. The number of hydrogen-bond acceptors (Lipinski definition) is 3. The Morgan fingerprint density at radius 1 is 1.54 bits per heavy atom. The molecule has 0 heterocycles. The molecule has 13 heavy (non-hydrogen) atoms. The van der Waals surface area contributed by atoms with E-state index in [1.54, 1.807) is 6.08 Å². The minimum absolute atomic E-state index is 0.0748. The molecule has 0 rings (SSSR count). The molecule has 0 aromatic rings. The number of nitrogens with one attached hydrogen (secondary N) is 1. The van der Waals surface area contributed by atoms with Gasteiger partial charge in [0.05, 0.1) is 0 Å². The Balaban J connectivity index is 3.91. The molecule has 4 nitrogen and oxygen atoms in total. The maximum Gasteiger partial charge on any atom is 0.225 e. The van der Waals surface area contributed by atoms with Crippen molar-refractivity contribution in [2.45, 2.75) is 20.3 Å². The Kier molecular flexibility index (Phi) is 5.43. The highest BCUT2D eigenvalue weighted by atomic mass is 16.1. The molecule has 0 aromatic heterocycles. The van der Waals surface area contributed by atoms with Crippen LogP contribution in [0.1, 0.15) is 20.3 Å². The molecule has 0 fully saturated rings. The van der Waals surface area contributed by atoms with Gasteiger partial charge in [-0.25, -0.2) is 0 Å². The number of carbonyl (C=O) groups is 1. The second kappa shape index (κ2) is 6.11. The molecule has 5 N–H and O–H groups in total. The Hall–Kier alpha value is -1.45. The van der Waals surface area contributed by atoms with Crippen molar-refractivity contribution >= 4 is 5.91 Å². The summed E-state index contributed by atoms with van der Waals surface area (Å²) in [6.45, 7) is 3.94. The first-order valence-corrected chi connectivity index (χ1v) is 4.20. The van der Waals surface area contributed by atoms with Crippen LogP contribution in [0.5, 0.6) is 0 Å². The first kappa shape index (κ1) is 11.6. The van der Waals surface area contributed by atoms with Crippen LogP contribution in [0.4, 0.5) is 0 Å². The standard InChI is InChI=1S/C9H17N3O/c1-7(2)6-9(13)12-8(11)4-3-5-10/h3-5,7H,6,10-11H2,1-2H3,(H,12,13)/b5-3-,8-4+. The highest BCUT2D eigenvalue weighted by Gasteiger charge is 2.03. The van der Waals surface area contributed by atoms with Crippen LogP contribution in [-0.2, 0) is 4.79 Å². The summed E-state index contributed by atoms with van der Waals surface area (Å²) in [4.78, 5) is 11.1. The summed E-state index contributed by atoms with van der Waals surface area (Å²) in [5.41, 5.74) is 10.6. The molecule has 74 valence electrons. The van der Waals surface area contributed by atoms with Gasteiger partial charge in [-0.1, -0.05) is 13.8 Å². The fraction of sp³-hybridized carbons (Fsp3) is 0.444. The molecule has 1 amide bonds. The predicted octanol–water partition coefficient (Wildman–Crippen LogP) is 0.421. The van der Waals surface area contributed by atoms with Gasteiger partial charge in [-0.05, 0) is 24.3 Å². The van der Waals surface area contributed by atoms with Crippen LogP contribution in [0.15, 0.2) is 24.2 Å². The molecule has 0 aliphatic heterocycles. The van der Waals surface area contributed by atoms with Gasteiger partial charge in [-0.3, -0.25) is 4.79 Å². The Labute approximate surface area is 78.7 Å². The Morgan fingerprint density at radius 2 is 2.15 bits per heavy atom. The van der Waals surface area contributed by atoms with E-state index in [-0.39, 0.29) is 5.91 Å². The summed E-state index contributed by atoms with van der Waals surface area (Å²) in [5.74, 6) is 0.569. The van der Waals surface area contributed by atoms with Gasteiger partial charge in [0.15, 0.2) is 0 Å². The number of hydrogen-bond donors (Lipinski definition) is 3. The van der Waals surface area contributed by atoms with Crippen LogP contribution in [0.2, 0.25) is 0 Å². The Morgan fingerprint density at radius 3 is 2.62 bits per heavy atom. The lowest BCUT2D eigenvalue weighted by molar-refractivity contribution is -0.121. The van der Waals surface area contributed by atoms with Crippen molar-refractivity contribution in [2.24, 2.45) is 17.4 Å². The second-order valence-electron chi connectivity index (χ2n) is 3.15. The first-order chi connectivity index (χ1) is 6.06. The van der Waals surface area contributed by atoms with Crippen molar-refractivity contribution in [3.8, 4) is 0 Å². The van der Waals surface area contributed by atoms with Gasteiger partial charge >= 0.3 is 0 Å². The molecule has 0 aliphatic carbocycles. The molecule has 0 aliphatic rings. The summed E-state index contributed by atoms with van der Waals surface area (Å²) in [6, 6.07) is 0. The molecule has 0 radical (unpaired) electrons. The summed E-state index contributed by atoms with van der Waals surface area (Å²) >= 11 is 0. The number of allylic oxidation sites excluding steroid dienone is 2. The van der Waals surface area contributed by atoms with Crippen molar-refractivity contribution in [1.82, 2.24) is 5.32 Å². The molecule has 0 saturated carbocycles. The van der Waals surface area contributed by atoms with Crippen molar-refractivity contribution in [3.05, 3.63) is 24.2 Å². The molecule has 0 unspecified atom stereocenters. The molecule has 0 aromatic carbocycles. The van der Waals surface area contributed by atoms with Crippen LogP contribution in [0.25, 0.3) is 0 Å². The normalized spacial score (nSPS) is 12.4. The number of nitrogens with two attached hydrogens (primary N) is 2. The second-order valence-corrected chi connectivity index (χ2v) is 3.15. The summed E-state index contributed by atoms with van der Waals surface area (Å²) in [5, 5.41) is 2.54. The zero-order chi connectivity index (χ0) is 10.3. The van der Waals surface area contributed by atoms with E-state index >= 15 is 0 Å². The van der Waals surface area contributed by atoms with Crippen molar-refractivity contribution in [1.29, 1.82) is 0 Å². The molecule has 0 saturated heterocycles. The van der Waals surface area contributed by atoms with E-state index in [0.717, 1.165) is 0 Å². The first-order valence-electron chi connectivity index (χ1n) is 4.20. The fourth-order valence-electron chi connectivity index (χ4n) is 0.784. The molecule has 4 heteroatoms. The van der Waals surface area contributed by atoms with Crippen LogP contribution >= 0.6 is 0 Å². The summed E-state index contributed by atoms with van der Waals surface area (Å²) in [6.07, 6.45) is 4.92. The smallest absolute Gasteiger partial charge is 0.225 e. The predicted molar refractivity (Wildman–Crippen MR) is 53.2 cm³/mol.